The maximum atomic E-state index is 5.51. The summed E-state index contributed by atoms with van der Waals surface area (Å²) in [6.45, 7) is 11.3. The Hall–Kier alpha value is -2.81. The second-order valence-electron chi connectivity index (χ2n) is 6.99. The van der Waals surface area contributed by atoms with Gasteiger partial charge in [0.05, 0.1) is 7.11 Å². The van der Waals surface area contributed by atoms with Crippen LogP contribution in [0, 0.1) is 0 Å². The maximum absolute atomic E-state index is 5.51. The van der Waals surface area contributed by atoms with Crippen LogP contribution in [0.2, 0.25) is 0 Å². The summed E-state index contributed by atoms with van der Waals surface area (Å²) in [5, 5.41) is 7.37. The molecule has 1 unspecified atom stereocenters. The quantitative estimate of drug-likeness (QED) is 0.519. The van der Waals surface area contributed by atoms with E-state index in [1.807, 2.05) is 26.0 Å². The third-order valence-electron chi connectivity index (χ3n) is 4.98. The van der Waals surface area contributed by atoms with Gasteiger partial charge in [0.2, 0.25) is 5.89 Å². The van der Waals surface area contributed by atoms with Crippen molar-refractivity contribution in [3.63, 3.8) is 0 Å². The molecule has 0 bridgehead atoms. The van der Waals surface area contributed by atoms with E-state index >= 15 is 0 Å². The fourth-order valence-corrected chi connectivity index (χ4v) is 3.36. The van der Waals surface area contributed by atoms with Gasteiger partial charge in [0, 0.05) is 45.0 Å². The molecule has 2 aromatic rings. The first-order valence-electron chi connectivity index (χ1n) is 10.5. The maximum Gasteiger partial charge on any atom is 0.248 e. The van der Waals surface area contributed by atoms with Crippen molar-refractivity contribution in [3.05, 3.63) is 36.0 Å². The van der Waals surface area contributed by atoms with Gasteiger partial charge >= 0.3 is 0 Å². The molecule has 1 fully saturated rings. The SMILES string of the molecule is CCNC(=NCc1nc(C(C)OCC)no1)N1CCN(c2ccc(OC)cc2)CC1. The Bertz CT molecular complexity index is 799. The highest BCUT2D eigenvalue weighted by atomic mass is 16.5. The molecule has 3 rings (SSSR count). The van der Waals surface area contributed by atoms with Gasteiger partial charge in [-0.15, -0.1) is 0 Å². The zero-order valence-electron chi connectivity index (χ0n) is 18.3. The summed E-state index contributed by atoms with van der Waals surface area (Å²) in [6.07, 6.45) is -0.184. The second kappa shape index (κ2) is 10.8. The first-order valence-corrected chi connectivity index (χ1v) is 10.5. The van der Waals surface area contributed by atoms with E-state index in [2.05, 4.69) is 44.3 Å². The third kappa shape index (κ3) is 5.63. The summed E-state index contributed by atoms with van der Waals surface area (Å²) in [7, 11) is 1.68. The molecule has 1 aromatic carbocycles. The monoisotopic (exact) mass is 416 g/mol. The van der Waals surface area contributed by atoms with E-state index < -0.39 is 0 Å². The van der Waals surface area contributed by atoms with Crippen LogP contribution in [0.3, 0.4) is 0 Å². The molecule has 1 aromatic heterocycles. The Balaban J connectivity index is 1.58. The highest BCUT2D eigenvalue weighted by Gasteiger charge is 2.20. The van der Waals surface area contributed by atoms with Crippen molar-refractivity contribution in [1.29, 1.82) is 0 Å². The summed E-state index contributed by atoms with van der Waals surface area (Å²) in [5.74, 6) is 2.78. The molecular weight excluding hydrogens is 384 g/mol. The normalized spacial score (nSPS) is 15.9. The smallest absolute Gasteiger partial charge is 0.248 e. The predicted octanol–water partition coefficient (Wildman–Crippen LogP) is 2.46. The number of aromatic nitrogens is 2. The van der Waals surface area contributed by atoms with Crippen LogP contribution in [-0.4, -0.2) is 67.4 Å². The summed E-state index contributed by atoms with van der Waals surface area (Å²) in [5.41, 5.74) is 1.21. The fourth-order valence-electron chi connectivity index (χ4n) is 3.36. The Kier molecular flexibility index (Phi) is 7.89. The Morgan fingerprint density at radius 1 is 1.20 bits per heavy atom. The van der Waals surface area contributed by atoms with Crippen LogP contribution in [0.15, 0.2) is 33.8 Å². The van der Waals surface area contributed by atoms with Gasteiger partial charge in [0.25, 0.3) is 0 Å². The van der Waals surface area contributed by atoms with E-state index in [1.54, 1.807) is 7.11 Å². The minimum atomic E-state index is -0.184. The van der Waals surface area contributed by atoms with Crippen molar-refractivity contribution in [2.24, 2.45) is 4.99 Å². The Morgan fingerprint density at radius 3 is 2.57 bits per heavy atom. The number of hydrogen-bond donors (Lipinski definition) is 1. The predicted molar refractivity (Wildman–Crippen MR) is 116 cm³/mol. The van der Waals surface area contributed by atoms with Crippen LogP contribution in [0.1, 0.15) is 38.6 Å². The number of aliphatic imine (C=N–C) groups is 1. The number of nitrogens with one attached hydrogen (secondary N) is 1. The molecular formula is C21H32N6O3. The molecule has 0 amide bonds. The lowest BCUT2D eigenvalue weighted by molar-refractivity contribution is 0.0683. The number of anilines is 1. The average Bonchev–Trinajstić information content (AvgIpc) is 3.26. The van der Waals surface area contributed by atoms with Gasteiger partial charge in [-0.25, -0.2) is 4.99 Å². The molecule has 1 aliphatic heterocycles. The number of piperazine rings is 1. The fraction of sp³-hybridized carbons (Fsp3) is 0.571. The topological polar surface area (TPSA) is 88.2 Å². The van der Waals surface area contributed by atoms with Crippen molar-refractivity contribution >= 4 is 11.6 Å². The molecule has 0 radical (unpaired) electrons. The number of ether oxygens (including phenoxy) is 2. The van der Waals surface area contributed by atoms with E-state index in [0.29, 0.717) is 24.9 Å². The number of rotatable bonds is 8. The van der Waals surface area contributed by atoms with Crippen LogP contribution >= 0.6 is 0 Å². The van der Waals surface area contributed by atoms with Crippen molar-refractivity contribution < 1.29 is 14.0 Å². The highest BCUT2D eigenvalue weighted by molar-refractivity contribution is 5.80. The minimum absolute atomic E-state index is 0.184. The second-order valence-corrected chi connectivity index (χ2v) is 6.99. The van der Waals surface area contributed by atoms with Crippen molar-refractivity contribution in [2.75, 3.05) is 51.3 Å². The third-order valence-corrected chi connectivity index (χ3v) is 4.98. The van der Waals surface area contributed by atoms with Gasteiger partial charge in [0.15, 0.2) is 11.8 Å². The molecule has 9 heteroatoms. The van der Waals surface area contributed by atoms with Crippen LogP contribution < -0.4 is 15.0 Å². The molecule has 1 atom stereocenters. The van der Waals surface area contributed by atoms with E-state index in [9.17, 15) is 0 Å². The standard InChI is InChI=1S/C21H32N6O3/c1-5-22-21(23-15-19-24-20(25-30-19)16(3)29-6-2)27-13-11-26(12-14-27)17-7-9-18(28-4)10-8-17/h7-10,16H,5-6,11-15H2,1-4H3,(H,22,23). The van der Waals surface area contributed by atoms with Gasteiger partial charge in [-0.2, -0.15) is 4.98 Å². The van der Waals surface area contributed by atoms with Crippen molar-refractivity contribution in [1.82, 2.24) is 20.4 Å². The lowest BCUT2D eigenvalue weighted by atomic mass is 10.2. The molecule has 30 heavy (non-hydrogen) atoms. The zero-order valence-corrected chi connectivity index (χ0v) is 18.3. The molecule has 164 valence electrons. The molecule has 1 aliphatic rings. The number of benzene rings is 1. The Labute approximate surface area is 178 Å². The number of hydrogen-bond acceptors (Lipinski definition) is 7. The van der Waals surface area contributed by atoms with E-state index in [-0.39, 0.29) is 6.10 Å². The van der Waals surface area contributed by atoms with Gasteiger partial charge in [-0.3, -0.25) is 0 Å². The highest BCUT2D eigenvalue weighted by Crippen LogP contribution is 2.20. The molecule has 1 N–H and O–H groups in total. The van der Waals surface area contributed by atoms with Gasteiger partial charge in [-0.1, -0.05) is 5.16 Å². The lowest BCUT2D eigenvalue weighted by Gasteiger charge is -2.37. The number of methoxy groups -OCH3 is 1. The molecule has 0 spiro atoms. The van der Waals surface area contributed by atoms with Crippen LogP contribution in [0.5, 0.6) is 5.75 Å². The van der Waals surface area contributed by atoms with Crippen molar-refractivity contribution in [3.8, 4) is 5.75 Å². The van der Waals surface area contributed by atoms with Gasteiger partial charge in [0.1, 0.15) is 18.4 Å². The Morgan fingerprint density at radius 2 is 1.93 bits per heavy atom. The molecule has 2 heterocycles. The summed E-state index contributed by atoms with van der Waals surface area (Å²) < 4.78 is 16.1. The molecule has 0 saturated carbocycles. The number of guanidine groups is 1. The zero-order chi connectivity index (χ0) is 21.3. The van der Waals surface area contributed by atoms with Gasteiger partial charge < -0.3 is 29.1 Å². The van der Waals surface area contributed by atoms with Crippen LogP contribution in [0.4, 0.5) is 5.69 Å². The van der Waals surface area contributed by atoms with E-state index in [0.717, 1.165) is 44.4 Å². The van der Waals surface area contributed by atoms with Crippen molar-refractivity contribution in [2.45, 2.75) is 33.4 Å². The lowest BCUT2D eigenvalue weighted by Crippen LogP contribution is -2.52. The van der Waals surface area contributed by atoms with Crippen LogP contribution in [-0.2, 0) is 11.3 Å². The van der Waals surface area contributed by atoms with E-state index in [1.165, 1.54) is 5.69 Å². The first kappa shape index (κ1) is 21.9. The summed E-state index contributed by atoms with van der Waals surface area (Å²) >= 11 is 0. The number of nitrogens with zero attached hydrogens (tertiary/aromatic N) is 5. The van der Waals surface area contributed by atoms with E-state index in [4.69, 9.17) is 19.0 Å². The average molecular weight is 417 g/mol. The van der Waals surface area contributed by atoms with Gasteiger partial charge in [-0.05, 0) is 45.0 Å². The summed E-state index contributed by atoms with van der Waals surface area (Å²) in [6, 6.07) is 8.20. The molecule has 9 nitrogen and oxygen atoms in total. The van der Waals surface area contributed by atoms with Crippen LogP contribution in [0.25, 0.3) is 0 Å². The largest absolute Gasteiger partial charge is 0.497 e. The minimum Gasteiger partial charge on any atom is -0.497 e. The summed E-state index contributed by atoms with van der Waals surface area (Å²) in [4.78, 5) is 13.7. The molecule has 0 aliphatic carbocycles. The molecule has 1 saturated heterocycles. The first-order chi connectivity index (χ1) is 14.6.